The molecular weight excluding hydrogens is 436 g/mol. The van der Waals surface area contributed by atoms with Gasteiger partial charge >= 0.3 is 0 Å². The second-order valence-electron chi connectivity index (χ2n) is 7.63. The number of anilines is 2. The standard InChI is InChI=1S/C26H24N2O4S/c1-19-7-15-25(16-8-19)33(30,31)28(23-11-13-24(32-2)14-12-23)18-26(29)27-22-10-9-20-5-3-4-6-21(20)17-22/h3-17H,18H2,1-2H3,(H,27,29). The Bertz CT molecular complexity index is 1380. The predicted molar refractivity (Wildman–Crippen MR) is 131 cm³/mol. The van der Waals surface area contributed by atoms with Crippen molar-refractivity contribution in [3.63, 3.8) is 0 Å². The Labute approximate surface area is 193 Å². The van der Waals surface area contributed by atoms with Gasteiger partial charge < -0.3 is 10.1 Å². The summed E-state index contributed by atoms with van der Waals surface area (Å²) < 4.78 is 33.2. The van der Waals surface area contributed by atoms with E-state index in [-0.39, 0.29) is 11.4 Å². The highest BCUT2D eigenvalue weighted by Gasteiger charge is 2.27. The molecule has 0 atom stereocenters. The van der Waals surface area contributed by atoms with Crippen LogP contribution in [-0.4, -0.2) is 28.0 Å². The number of hydrogen-bond acceptors (Lipinski definition) is 4. The maximum atomic E-state index is 13.5. The van der Waals surface area contributed by atoms with Gasteiger partial charge in [-0.25, -0.2) is 8.42 Å². The number of nitrogens with zero attached hydrogens (tertiary/aromatic N) is 1. The average molecular weight is 461 g/mol. The van der Waals surface area contributed by atoms with Crippen molar-refractivity contribution in [2.24, 2.45) is 0 Å². The summed E-state index contributed by atoms with van der Waals surface area (Å²) in [5, 5.41) is 4.85. The summed E-state index contributed by atoms with van der Waals surface area (Å²) in [5.41, 5.74) is 1.91. The number of fused-ring (bicyclic) bond motifs is 1. The van der Waals surface area contributed by atoms with Crippen molar-refractivity contribution in [2.45, 2.75) is 11.8 Å². The molecular formula is C26H24N2O4S. The Balaban J connectivity index is 1.64. The number of hydrogen-bond donors (Lipinski definition) is 1. The zero-order valence-electron chi connectivity index (χ0n) is 18.4. The highest BCUT2D eigenvalue weighted by molar-refractivity contribution is 7.92. The van der Waals surface area contributed by atoms with Gasteiger partial charge in [-0.3, -0.25) is 9.10 Å². The van der Waals surface area contributed by atoms with E-state index in [4.69, 9.17) is 4.74 Å². The van der Waals surface area contributed by atoms with Gasteiger partial charge in [0.25, 0.3) is 10.0 Å². The smallest absolute Gasteiger partial charge is 0.264 e. The van der Waals surface area contributed by atoms with Gasteiger partial charge in [-0.2, -0.15) is 0 Å². The molecule has 0 saturated heterocycles. The van der Waals surface area contributed by atoms with Gasteiger partial charge in [-0.1, -0.05) is 48.0 Å². The normalized spacial score (nSPS) is 11.2. The Morgan fingerprint density at radius 1 is 0.879 bits per heavy atom. The minimum Gasteiger partial charge on any atom is -0.497 e. The molecule has 4 rings (SSSR count). The van der Waals surface area contributed by atoms with Gasteiger partial charge in [0.15, 0.2) is 0 Å². The Kier molecular flexibility index (Phi) is 6.33. The number of carbonyl (C=O) groups is 1. The molecule has 0 heterocycles. The Morgan fingerprint density at radius 3 is 2.21 bits per heavy atom. The predicted octanol–water partition coefficient (Wildman–Crippen LogP) is 4.99. The number of ether oxygens (including phenoxy) is 1. The highest BCUT2D eigenvalue weighted by atomic mass is 32.2. The lowest BCUT2D eigenvalue weighted by Gasteiger charge is -2.24. The molecule has 168 valence electrons. The lowest BCUT2D eigenvalue weighted by Crippen LogP contribution is -2.38. The number of nitrogens with one attached hydrogen (secondary N) is 1. The summed E-state index contributed by atoms with van der Waals surface area (Å²) >= 11 is 0. The molecule has 0 aliphatic rings. The molecule has 0 aromatic heterocycles. The second kappa shape index (κ2) is 9.34. The summed E-state index contributed by atoms with van der Waals surface area (Å²) in [7, 11) is -2.45. The SMILES string of the molecule is COc1ccc(N(CC(=O)Nc2ccc3ccccc3c2)S(=O)(=O)c2ccc(C)cc2)cc1. The maximum Gasteiger partial charge on any atom is 0.264 e. The van der Waals surface area contributed by atoms with Crippen LogP contribution in [0.3, 0.4) is 0 Å². The summed E-state index contributed by atoms with van der Waals surface area (Å²) in [6, 6.07) is 26.5. The van der Waals surface area contributed by atoms with Crippen LogP contribution in [0.5, 0.6) is 5.75 Å². The molecule has 4 aromatic carbocycles. The fourth-order valence-corrected chi connectivity index (χ4v) is 4.92. The Hall–Kier alpha value is -3.84. The number of sulfonamides is 1. The van der Waals surface area contributed by atoms with Crippen LogP contribution >= 0.6 is 0 Å². The van der Waals surface area contributed by atoms with Crippen LogP contribution in [0.2, 0.25) is 0 Å². The van der Waals surface area contributed by atoms with Gasteiger partial charge in [0.05, 0.1) is 17.7 Å². The van der Waals surface area contributed by atoms with Crippen molar-refractivity contribution < 1.29 is 17.9 Å². The van der Waals surface area contributed by atoms with Crippen LogP contribution in [-0.2, 0) is 14.8 Å². The van der Waals surface area contributed by atoms with Crippen molar-refractivity contribution in [3.05, 3.63) is 96.6 Å². The van der Waals surface area contributed by atoms with Gasteiger partial charge in [0, 0.05) is 5.69 Å². The molecule has 0 unspecified atom stereocenters. The third kappa shape index (κ3) is 4.99. The maximum absolute atomic E-state index is 13.5. The molecule has 0 aliphatic heterocycles. The van der Waals surface area contributed by atoms with Crippen LogP contribution in [0.4, 0.5) is 11.4 Å². The molecule has 0 aliphatic carbocycles. The van der Waals surface area contributed by atoms with E-state index in [1.807, 2.05) is 43.3 Å². The fourth-order valence-electron chi connectivity index (χ4n) is 3.50. The first kappa shape index (κ1) is 22.4. The molecule has 1 N–H and O–H groups in total. The minimum absolute atomic E-state index is 0.113. The zero-order valence-corrected chi connectivity index (χ0v) is 19.2. The van der Waals surface area contributed by atoms with E-state index in [0.717, 1.165) is 20.6 Å². The average Bonchev–Trinajstić information content (AvgIpc) is 2.83. The quantitative estimate of drug-likeness (QED) is 0.422. The van der Waals surface area contributed by atoms with Gasteiger partial charge in [0.2, 0.25) is 5.91 Å². The van der Waals surface area contributed by atoms with Crippen molar-refractivity contribution in [1.29, 1.82) is 0 Å². The van der Waals surface area contributed by atoms with Crippen molar-refractivity contribution in [3.8, 4) is 5.75 Å². The zero-order chi connectivity index (χ0) is 23.4. The van der Waals surface area contributed by atoms with Crippen LogP contribution in [0.1, 0.15) is 5.56 Å². The highest BCUT2D eigenvalue weighted by Crippen LogP contribution is 2.26. The lowest BCUT2D eigenvalue weighted by molar-refractivity contribution is -0.114. The number of amides is 1. The van der Waals surface area contributed by atoms with Crippen LogP contribution in [0, 0.1) is 6.92 Å². The topological polar surface area (TPSA) is 75.7 Å². The largest absolute Gasteiger partial charge is 0.497 e. The third-order valence-corrected chi connectivity index (χ3v) is 7.08. The summed E-state index contributed by atoms with van der Waals surface area (Å²) in [6.45, 7) is 1.50. The minimum atomic E-state index is -3.98. The molecule has 7 heteroatoms. The number of methoxy groups -OCH3 is 1. The first-order valence-electron chi connectivity index (χ1n) is 10.4. The second-order valence-corrected chi connectivity index (χ2v) is 9.50. The van der Waals surface area contributed by atoms with E-state index in [0.29, 0.717) is 17.1 Å². The molecule has 0 saturated carbocycles. The fraction of sp³-hybridized carbons (Fsp3) is 0.115. The lowest BCUT2D eigenvalue weighted by atomic mass is 10.1. The van der Waals surface area contributed by atoms with Crippen molar-refractivity contribution in [1.82, 2.24) is 0 Å². The molecule has 6 nitrogen and oxygen atoms in total. The number of aryl methyl sites for hydroxylation is 1. The van der Waals surface area contributed by atoms with E-state index in [9.17, 15) is 13.2 Å². The molecule has 0 bridgehead atoms. The van der Waals surface area contributed by atoms with Crippen LogP contribution < -0.4 is 14.4 Å². The van der Waals surface area contributed by atoms with Gasteiger partial charge in [0.1, 0.15) is 12.3 Å². The van der Waals surface area contributed by atoms with Crippen molar-refractivity contribution >= 4 is 38.1 Å². The molecule has 33 heavy (non-hydrogen) atoms. The molecule has 0 spiro atoms. The first-order valence-corrected chi connectivity index (χ1v) is 11.8. The van der Waals surface area contributed by atoms with Crippen LogP contribution in [0.25, 0.3) is 10.8 Å². The van der Waals surface area contributed by atoms with Crippen LogP contribution in [0.15, 0.2) is 95.9 Å². The van der Waals surface area contributed by atoms with E-state index in [1.165, 1.54) is 7.11 Å². The summed E-state index contributed by atoms with van der Waals surface area (Å²) in [5.74, 6) is 0.142. The monoisotopic (exact) mass is 460 g/mol. The Morgan fingerprint density at radius 2 is 1.55 bits per heavy atom. The summed E-state index contributed by atoms with van der Waals surface area (Å²) in [4.78, 5) is 13.1. The van der Waals surface area contributed by atoms with Crippen molar-refractivity contribution in [2.75, 3.05) is 23.3 Å². The van der Waals surface area contributed by atoms with E-state index < -0.39 is 15.9 Å². The van der Waals surface area contributed by atoms with E-state index >= 15 is 0 Å². The number of carbonyl (C=O) groups excluding carboxylic acids is 1. The van der Waals surface area contributed by atoms with Gasteiger partial charge in [-0.05, 0) is 66.2 Å². The molecule has 0 radical (unpaired) electrons. The molecule has 0 fully saturated rings. The molecule has 1 amide bonds. The number of rotatable bonds is 7. The summed E-state index contributed by atoms with van der Waals surface area (Å²) in [6.07, 6.45) is 0. The van der Waals surface area contributed by atoms with E-state index in [2.05, 4.69) is 5.32 Å². The van der Waals surface area contributed by atoms with Gasteiger partial charge in [-0.15, -0.1) is 0 Å². The number of benzene rings is 4. The molecule has 4 aromatic rings. The third-order valence-electron chi connectivity index (χ3n) is 5.29. The first-order chi connectivity index (χ1) is 15.9. The van der Waals surface area contributed by atoms with E-state index in [1.54, 1.807) is 54.6 Å².